The van der Waals surface area contributed by atoms with E-state index < -0.39 is 0 Å². The van der Waals surface area contributed by atoms with Crippen LogP contribution in [0.15, 0.2) is 0 Å². The zero-order chi connectivity index (χ0) is 11.2. The molecule has 0 fully saturated rings. The summed E-state index contributed by atoms with van der Waals surface area (Å²) >= 11 is 0. The number of Topliss-reactive ketones (excluding diaryl/α,β-unsaturated/α-hetero) is 1. The van der Waals surface area contributed by atoms with Crippen LogP contribution in [0.4, 0.5) is 0 Å². The minimum absolute atomic E-state index is 0. The topological polar surface area (TPSA) is 64.3 Å². The number of carbonyl (C=O) groups excluding carboxylic acids is 1. The second-order valence-corrected chi connectivity index (χ2v) is 2.47. The first-order valence-corrected chi connectivity index (χ1v) is 5.31. The van der Waals surface area contributed by atoms with Gasteiger partial charge in [0.2, 0.25) is 0 Å². The summed E-state index contributed by atoms with van der Waals surface area (Å²) < 4.78 is 5.10. The van der Waals surface area contributed by atoms with Gasteiger partial charge < -0.3 is 15.8 Å². The molecule has 0 radical (unpaired) electrons. The molecule has 0 bridgehead atoms. The lowest BCUT2D eigenvalue weighted by molar-refractivity contribution is -0.117. The highest BCUT2D eigenvalue weighted by Crippen LogP contribution is 1.77. The van der Waals surface area contributed by atoms with E-state index in [0.29, 0.717) is 39.3 Å². The molecule has 0 saturated heterocycles. The van der Waals surface area contributed by atoms with Crippen molar-refractivity contribution in [3.63, 3.8) is 0 Å². The van der Waals surface area contributed by atoms with Crippen LogP contribution in [0.1, 0.15) is 30.0 Å². The minimum Gasteiger partial charge on any atom is -0.379 e. The summed E-state index contributed by atoms with van der Waals surface area (Å²) in [6, 6.07) is 0. The van der Waals surface area contributed by atoms with Crippen molar-refractivity contribution in [2.24, 2.45) is 5.73 Å². The van der Waals surface area contributed by atoms with E-state index in [2.05, 4.69) is 5.32 Å². The summed E-state index contributed by atoms with van der Waals surface area (Å²) in [4.78, 5) is 10.8. The Labute approximate surface area is 90.2 Å². The molecule has 0 heterocycles. The van der Waals surface area contributed by atoms with E-state index in [0.717, 1.165) is 0 Å². The van der Waals surface area contributed by atoms with Crippen molar-refractivity contribution in [2.45, 2.75) is 27.2 Å². The maximum absolute atomic E-state index is 10.8. The molecule has 0 amide bonds. The van der Waals surface area contributed by atoms with Crippen molar-refractivity contribution in [3.05, 3.63) is 0 Å². The smallest absolute Gasteiger partial charge is 0.146 e. The summed E-state index contributed by atoms with van der Waals surface area (Å²) in [5.41, 5.74) is 5.21. The van der Waals surface area contributed by atoms with Gasteiger partial charge in [-0.3, -0.25) is 4.79 Å². The van der Waals surface area contributed by atoms with Crippen LogP contribution in [0.25, 0.3) is 0 Å². The van der Waals surface area contributed by atoms with Crippen molar-refractivity contribution in [3.8, 4) is 0 Å². The van der Waals surface area contributed by atoms with Crippen LogP contribution in [-0.2, 0) is 9.53 Å². The van der Waals surface area contributed by atoms with Gasteiger partial charge in [0.15, 0.2) is 0 Å². The van der Waals surface area contributed by atoms with Crippen LogP contribution in [0.2, 0.25) is 0 Å². The van der Waals surface area contributed by atoms with Crippen LogP contribution in [0.3, 0.4) is 0 Å². The van der Waals surface area contributed by atoms with Crippen molar-refractivity contribution < 1.29 is 12.4 Å². The minimum atomic E-state index is 0. The maximum atomic E-state index is 10.8. The molecule has 0 aliphatic rings. The van der Waals surface area contributed by atoms with Crippen molar-refractivity contribution in [1.29, 1.82) is 0 Å². The molecular weight excluding hydrogens is 180 g/mol. The van der Waals surface area contributed by atoms with Crippen LogP contribution >= 0.6 is 0 Å². The third kappa shape index (κ3) is 14.1. The molecule has 0 saturated carbocycles. The molecule has 0 aromatic carbocycles. The quantitative estimate of drug-likeness (QED) is 0.585. The van der Waals surface area contributed by atoms with Gasteiger partial charge in [-0.15, -0.1) is 0 Å². The summed E-state index contributed by atoms with van der Waals surface area (Å²) in [7, 11) is 0. The molecule has 0 aromatic heterocycles. The molecular formula is C10H28N2O2. The Kier molecular flexibility index (Phi) is 17.2. The van der Waals surface area contributed by atoms with Gasteiger partial charge in [-0.1, -0.05) is 20.8 Å². The average Bonchev–Trinajstić information content (AvgIpc) is 2.25. The Morgan fingerprint density at radius 1 is 1.43 bits per heavy atom. The fraction of sp³-hybridized carbons (Fsp3) is 0.900. The van der Waals surface area contributed by atoms with Crippen LogP contribution < -0.4 is 11.1 Å². The van der Waals surface area contributed by atoms with Gasteiger partial charge in [-0.2, -0.15) is 0 Å². The van der Waals surface area contributed by atoms with Gasteiger partial charge in [0, 0.05) is 22.4 Å². The highest BCUT2D eigenvalue weighted by molar-refractivity contribution is 5.79. The molecule has 3 N–H and O–H groups in total. The van der Waals surface area contributed by atoms with E-state index in [1.54, 1.807) is 0 Å². The average molecular weight is 208 g/mol. The van der Waals surface area contributed by atoms with Crippen LogP contribution in [0, 0.1) is 0 Å². The standard InChI is InChI=1S/C8H18N2O2.C2H6.2H2/c1-2-8(11)7-10-4-6-12-5-3-9;1-2;;/h10H,2-7,9H2,1H3;1-2H3;2*1H. The first-order valence-electron chi connectivity index (χ1n) is 5.31. The molecule has 14 heavy (non-hydrogen) atoms. The Morgan fingerprint density at radius 3 is 2.57 bits per heavy atom. The fourth-order valence-electron chi connectivity index (χ4n) is 0.683. The van der Waals surface area contributed by atoms with Crippen LogP contribution in [0.5, 0.6) is 0 Å². The second-order valence-electron chi connectivity index (χ2n) is 2.47. The molecule has 0 unspecified atom stereocenters. The highest BCUT2D eigenvalue weighted by atomic mass is 16.5. The lowest BCUT2D eigenvalue weighted by Gasteiger charge is -2.03. The van der Waals surface area contributed by atoms with Gasteiger partial charge >= 0.3 is 0 Å². The third-order valence-corrected chi connectivity index (χ3v) is 1.40. The lowest BCUT2D eigenvalue weighted by atomic mass is 10.3. The zero-order valence-corrected chi connectivity index (χ0v) is 9.64. The number of ether oxygens (including phenoxy) is 1. The Bertz CT molecular complexity index is 127. The summed E-state index contributed by atoms with van der Waals surface area (Å²) in [5, 5.41) is 2.98. The van der Waals surface area contributed by atoms with Gasteiger partial charge in [-0.25, -0.2) is 0 Å². The summed E-state index contributed by atoms with van der Waals surface area (Å²) in [5.74, 6) is 0.230. The number of nitrogens with two attached hydrogens (primary N) is 1. The molecule has 4 heteroatoms. The third-order valence-electron chi connectivity index (χ3n) is 1.40. The number of carbonyl (C=O) groups is 1. The monoisotopic (exact) mass is 208 g/mol. The largest absolute Gasteiger partial charge is 0.379 e. The maximum Gasteiger partial charge on any atom is 0.146 e. The van der Waals surface area contributed by atoms with E-state index in [9.17, 15) is 4.79 Å². The van der Waals surface area contributed by atoms with Crippen LogP contribution in [-0.4, -0.2) is 38.6 Å². The van der Waals surface area contributed by atoms with E-state index in [4.69, 9.17) is 10.5 Å². The van der Waals surface area contributed by atoms with E-state index in [1.807, 2.05) is 20.8 Å². The zero-order valence-electron chi connectivity index (χ0n) is 9.64. The molecule has 90 valence electrons. The molecule has 0 aliphatic carbocycles. The van der Waals surface area contributed by atoms with Crippen molar-refractivity contribution >= 4 is 5.78 Å². The second kappa shape index (κ2) is 15.0. The van der Waals surface area contributed by atoms with Crippen molar-refractivity contribution in [1.82, 2.24) is 5.32 Å². The van der Waals surface area contributed by atoms with Gasteiger partial charge in [-0.05, 0) is 0 Å². The van der Waals surface area contributed by atoms with E-state index in [-0.39, 0.29) is 8.64 Å². The van der Waals surface area contributed by atoms with Gasteiger partial charge in [0.05, 0.1) is 19.8 Å². The summed E-state index contributed by atoms with van der Waals surface area (Å²) in [6.45, 7) is 8.77. The molecule has 0 spiro atoms. The van der Waals surface area contributed by atoms with Crippen molar-refractivity contribution in [2.75, 3.05) is 32.8 Å². The molecule has 0 aliphatic heterocycles. The molecule has 4 nitrogen and oxygen atoms in total. The van der Waals surface area contributed by atoms with Gasteiger partial charge in [0.25, 0.3) is 0 Å². The number of rotatable bonds is 8. The first-order chi connectivity index (χ1) is 6.81. The predicted molar refractivity (Wildman–Crippen MR) is 63.6 cm³/mol. The Balaban J connectivity index is -0.000000169. The van der Waals surface area contributed by atoms with E-state index >= 15 is 0 Å². The Morgan fingerprint density at radius 2 is 2.07 bits per heavy atom. The molecule has 0 aromatic rings. The fourth-order valence-corrected chi connectivity index (χ4v) is 0.683. The highest BCUT2D eigenvalue weighted by Gasteiger charge is 1.95. The number of nitrogens with one attached hydrogen (secondary N) is 1. The normalized spacial score (nSPS) is 9.14. The first kappa shape index (κ1) is 16.0. The van der Waals surface area contributed by atoms with Gasteiger partial charge in [0.1, 0.15) is 5.78 Å². The molecule has 0 rings (SSSR count). The number of ketones is 1. The molecule has 0 atom stereocenters. The Hall–Kier alpha value is -0.450. The SMILES string of the molecule is CC.CCC(=O)CNCCOCCN.[HH].[HH]. The van der Waals surface area contributed by atoms with E-state index in [1.165, 1.54) is 0 Å². The number of hydrogen-bond donors (Lipinski definition) is 2. The predicted octanol–water partition coefficient (Wildman–Crippen LogP) is 1.05. The summed E-state index contributed by atoms with van der Waals surface area (Å²) in [6.07, 6.45) is 0.594. The number of hydrogen-bond acceptors (Lipinski definition) is 4. The lowest BCUT2D eigenvalue weighted by Crippen LogP contribution is -2.26.